The Morgan fingerprint density at radius 2 is 2.20 bits per heavy atom. The molecule has 0 aliphatic heterocycles. The number of nitrogens with two attached hydrogens (primary N) is 1. The number of aliphatic hydroxyl groups is 1. The molecule has 1 fully saturated rings. The van der Waals surface area contributed by atoms with E-state index >= 15 is 0 Å². The van der Waals surface area contributed by atoms with Crippen LogP contribution >= 0.6 is 0 Å². The first kappa shape index (κ1) is 7.61. The number of hydrogen-bond donors (Lipinski definition) is 2. The fraction of sp³-hybridized carbons (Fsp3) is 0.750. The lowest BCUT2D eigenvalue weighted by Crippen LogP contribution is -2.28. The number of rotatable bonds is 1. The summed E-state index contributed by atoms with van der Waals surface area (Å²) in [6, 6.07) is 0.280. The van der Waals surface area contributed by atoms with Gasteiger partial charge in [0, 0.05) is 12.0 Å². The van der Waals surface area contributed by atoms with Crippen molar-refractivity contribution in [2.75, 3.05) is 0 Å². The molecule has 1 rings (SSSR count). The second-order valence-electron chi connectivity index (χ2n) is 3.11. The summed E-state index contributed by atoms with van der Waals surface area (Å²) >= 11 is 0. The van der Waals surface area contributed by atoms with Gasteiger partial charge in [0.25, 0.3) is 0 Å². The third-order valence-corrected chi connectivity index (χ3v) is 2.19. The molecule has 0 amide bonds. The van der Waals surface area contributed by atoms with Crippen LogP contribution in [0.2, 0.25) is 0 Å². The Bertz CT molecular complexity index is 133. The summed E-state index contributed by atoms with van der Waals surface area (Å²) in [5.74, 6) is 0.582. The zero-order chi connectivity index (χ0) is 7.56. The molecular weight excluding hydrogens is 126 g/mol. The van der Waals surface area contributed by atoms with Gasteiger partial charge in [0.2, 0.25) is 0 Å². The Kier molecular flexibility index (Phi) is 2.33. The topological polar surface area (TPSA) is 46.2 Å². The van der Waals surface area contributed by atoms with Crippen molar-refractivity contribution in [3.05, 3.63) is 12.3 Å². The van der Waals surface area contributed by atoms with Crippen LogP contribution in [0.4, 0.5) is 0 Å². The molecule has 2 heteroatoms. The summed E-state index contributed by atoms with van der Waals surface area (Å²) in [6.07, 6.45) is 4.20. The molecule has 0 aromatic carbocycles. The van der Waals surface area contributed by atoms with E-state index in [9.17, 15) is 0 Å². The van der Waals surface area contributed by atoms with Gasteiger partial charge in [-0.05, 0) is 19.3 Å². The van der Waals surface area contributed by atoms with Gasteiger partial charge >= 0.3 is 0 Å². The van der Waals surface area contributed by atoms with Gasteiger partial charge in [-0.25, -0.2) is 0 Å². The summed E-state index contributed by atoms with van der Waals surface area (Å²) in [5.41, 5.74) is 5.71. The zero-order valence-corrected chi connectivity index (χ0v) is 6.21. The van der Waals surface area contributed by atoms with Crippen LogP contribution in [-0.2, 0) is 0 Å². The normalized spacial score (nSPS) is 33.7. The minimum Gasteiger partial charge on any atom is -0.513 e. The molecule has 58 valence electrons. The molecule has 1 aliphatic rings. The van der Waals surface area contributed by atoms with Crippen LogP contribution < -0.4 is 5.73 Å². The predicted molar refractivity (Wildman–Crippen MR) is 41.7 cm³/mol. The summed E-state index contributed by atoms with van der Waals surface area (Å²) in [6.45, 7) is 3.51. The number of aliphatic hydroxyl groups excluding tert-OH is 1. The zero-order valence-electron chi connectivity index (χ0n) is 6.21. The molecule has 3 N–H and O–H groups in total. The molecule has 1 saturated carbocycles. The third-order valence-electron chi connectivity index (χ3n) is 2.19. The quantitative estimate of drug-likeness (QED) is 0.544. The SMILES string of the molecule is C=C(O)[C@H]1CCC[C@@H](N)C1. The van der Waals surface area contributed by atoms with Gasteiger partial charge in [0.05, 0.1) is 5.76 Å². The first-order valence-electron chi connectivity index (χ1n) is 3.83. The Morgan fingerprint density at radius 1 is 1.50 bits per heavy atom. The van der Waals surface area contributed by atoms with Crippen molar-refractivity contribution < 1.29 is 5.11 Å². The maximum atomic E-state index is 9.04. The summed E-state index contributed by atoms with van der Waals surface area (Å²) in [7, 11) is 0. The highest BCUT2D eigenvalue weighted by Crippen LogP contribution is 2.26. The average molecular weight is 141 g/mol. The molecule has 0 saturated heterocycles. The molecular formula is C8H15NO. The van der Waals surface area contributed by atoms with E-state index in [1.807, 2.05) is 0 Å². The van der Waals surface area contributed by atoms with Gasteiger partial charge < -0.3 is 10.8 Å². The first-order chi connectivity index (χ1) is 4.70. The Labute approximate surface area is 61.7 Å². The van der Waals surface area contributed by atoms with Gasteiger partial charge in [-0.1, -0.05) is 13.0 Å². The molecule has 0 spiro atoms. The molecule has 2 atom stereocenters. The van der Waals surface area contributed by atoms with Crippen LogP contribution in [0.5, 0.6) is 0 Å². The average Bonchev–Trinajstić information content (AvgIpc) is 1.88. The largest absolute Gasteiger partial charge is 0.513 e. The highest BCUT2D eigenvalue weighted by molar-refractivity contribution is 4.92. The van der Waals surface area contributed by atoms with Crippen LogP contribution in [0.15, 0.2) is 12.3 Å². The maximum Gasteiger partial charge on any atom is 0.0882 e. The number of hydrogen-bond acceptors (Lipinski definition) is 2. The van der Waals surface area contributed by atoms with E-state index in [-0.39, 0.29) is 12.0 Å². The summed E-state index contributed by atoms with van der Waals surface area (Å²) in [4.78, 5) is 0. The second kappa shape index (κ2) is 3.06. The van der Waals surface area contributed by atoms with Crippen LogP contribution in [0, 0.1) is 5.92 Å². The third kappa shape index (κ3) is 1.74. The Morgan fingerprint density at radius 3 is 2.60 bits per heavy atom. The minimum atomic E-state index is 0.267. The van der Waals surface area contributed by atoms with Gasteiger partial charge in [0.1, 0.15) is 0 Å². The van der Waals surface area contributed by atoms with Crippen molar-refractivity contribution in [2.45, 2.75) is 31.7 Å². The van der Waals surface area contributed by atoms with Crippen molar-refractivity contribution >= 4 is 0 Å². The van der Waals surface area contributed by atoms with E-state index < -0.39 is 0 Å². The van der Waals surface area contributed by atoms with Gasteiger partial charge in [-0.15, -0.1) is 0 Å². The number of allylic oxidation sites excluding steroid dienone is 1. The standard InChI is InChI=1S/C8H15NO/c1-6(10)7-3-2-4-8(9)5-7/h7-8,10H,1-5,9H2/t7-,8+/m0/s1. The molecule has 0 aromatic rings. The van der Waals surface area contributed by atoms with E-state index in [0.717, 1.165) is 25.7 Å². The molecule has 10 heavy (non-hydrogen) atoms. The highest BCUT2D eigenvalue weighted by atomic mass is 16.3. The van der Waals surface area contributed by atoms with Crippen molar-refractivity contribution in [1.82, 2.24) is 0 Å². The first-order valence-corrected chi connectivity index (χ1v) is 3.83. The van der Waals surface area contributed by atoms with E-state index in [1.54, 1.807) is 0 Å². The lowest BCUT2D eigenvalue weighted by atomic mass is 9.85. The predicted octanol–water partition coefficient (Wildman–Crippen LogP) is 1.58. The van der Waals surface area contributed by atoms with Gasteiger partial charge in [-0.3, -0.25) is 0 Å². The highest BCUT2D eigenvalue weighted by Gasteiger charge is 2.20. The molecule has 2 nitrogen and oxygen atoms in total. The molecule has 0 aromatic heterocycles. The summed E-state index contributed by atoms with van der Waals surface area (Å²) in [5, 5.41) is 9.04. The molecule has 1 aliphatic carbocycles. The van der Waals surface area contributed by atoms with Crippen LogP contribution in [0.1, 0.15) is 25.7 Å². The van der Waals surface area contributed by atoms with E-state index in [1.165, 1.54) is 0 Å². The van der Waals surface area contributed by atoms with Gasteiger partial charge in [0.15, 0.2) is 0 Å². The lowest BCUT2D eigenvalue weighted by Gasteiger charge is -2.25. The Balaban J connectivity index is 2.39. The van der Waals surface area contributed by atoms with Crippen LogP contribution in [-0.4, -0.2) is 11.1 Å². The molecule has 0 bridgehead atoms. The molecule has 0 heterocycles. The molecule has 0 unspecified atom stereocenters. The molecule has 0 radical (unpaired) electrons. The van der Waals surface area contributed by atoms with Crippen molar-refractivity contribution in [2.24, 2.45) is 11.7 Å². The maximum absolute atomic E-state index is 9.04. The second-order valence-corrected chi connectivity index (χ2v) is 3.11. The van der Waals surface area contributed by atoms with Crippen molar-refractivity contribution in [3.8, 4) is 0 Å². The lowest BCUT2D eigenvalue weighted by molar-refractivity contribution is 0.261. The minimum absolute atomic E-state index is 0.267. The smallest absolute Gasteiger partial charge is 0.0882 e. The van der Waals surface area contributed by atoms with Crippen LogP contribution in [0.3, 0.4) is 0 Å². The van der Waals surface area contributed by atoms with Crippen molar-refractivity contribution in [1.29, 1.82) is 0 Å². The van der Waals surface area contributed by atoms with Crippen LogP contribution in [0.25, 0.3) is 0 Å². The van der Waals surface area contributed by atoms with E-state index in [2.05, 4.69) is 6.58 Å². The fourth-order valence-electron chi connectivity index (χ4n) is 1.53. The fourth-order valence-corrected chi connectivity index (χ4v) is 1.53. The van der Waals surface area contributed by atoms with Crippen molar-refractivity contribution in [3.63, 3.8) is 0 Å². The Hall–Kier alpha value is -0.500. The van der Waals surface area contributed by atoms with Gasteiger partial charge in [-0.2, -0.15) is 0 Å². The summed E-state index contributed by atoms with van der Waals surface area (Å²) < 4.78 is 0. The monoisotopic (exact) mass is 141 g/mol. The van der Waals surface area contributed by atoms with E-state index in [4.69, 9.17) is 10.8 Å². The van der Waals surface area contributed by atoms with E-state index in [0.29, 0.717) is 5.76 Å².